The molecule has 0 atom stereocenters. The molecule has 2 rings (SSSR count). The summed E-state index contributed by atoms with van der Waals surface area (Å²) in [6.45, 7) is 3.49. The SMILES string of the molecule is CCN(CC)S(=O)(=O)c1ccc(C(=O)OCC(=O)NC(=O)c2cccn2C)cc1. The smallest absolute Gasteiger partial charge is 0.338 e. The van der Waals surface area contributed by atoms with E-state index >= 15 is 0 Å². The summed E-state index contributed by atoms with van der Waals surface area (Å²) in [5.74, 6) is -2.19. The molecule has 0 aliphatic rings. The third-order valence-electron chi connectivity index (χ3n) is 4.20. The van der Waals surface area contributed by atoms with Crippen LogP contribution in [0.2, 0.25) is 0 Å². The van der Waals surface area contributed by atoms with Gasteiger partial charge in [-0.3, -0.25) is 14.9 Å². The normalized spacial score (nSPS) is 11.3. The number of ether oxygens (including phenoxy) is 1. The second-order valence-corrected chi connectivity index (χ2v) is 8.01. The zero-order chi connectivity index (χ0) is 21.6. The molecule has 1 aromatic carbocycles. The summed E-state index contributed by atoms with van der Waals surface area (Å²) >= 11 is 0. The first-order valence-corrected chi connectivity index (χ1v) is 10.4. The minimum absolute atomic E-state index is 0.0589. The van der Waals surface area contributed by atoms with E-state index in [0.29, 0.717) is 13.1 Å². The van der Waals surface area contributed by atoms with Crippen molar-refractivity contribution >= 4 is 27.8 Å². The van der Waals surface area contributed by atoms with E-state index in [1.807, 2.05) is 0 Å². The van der Waals surface area contributed by atoms with Crippen LogP contribution >= 0.6 is 0 Å². The summed E-state index contributed by atoms with van der Waals surface area (Å²) in [6, 6.07) is 8.44. The molecule has 0 fully saturated rings. The Labute approximate surface area is 169 Å². The lowest BCUT2D eigenvalue weighted by Gasteiger charge is -2.18. The molecule has 2 amide bonds. The molecule has 0 saturated heterocycles. The van der Waals surface area contributed by atoms with Crippen LogP contribution in [0, 0.1) is 0 Å². The van der Waals surface area contributed by atoms with Gasteiger partial charge in [0.15, 0.2) is 6.61 Å². The number of benzene rings is 1. The standard InChI is InChI=1S/C19H23N3O6S/c1-4-22(5-2)29(26,27)15-10-8-14(9-11-15)19(25)28-13-17(23)20-18(24)16-7-6-12-21(16)3/h6-12H,4-5,13H2,1-3H3,(H,20,23,24). The van der Waals surface area contributed by atoms with Crippen LogP contribution in [0.3, 0.4) is 0 Å². The summed E-state index contributed by atoms with van der Waals surface area (Å²) < 4.78 is 32.6. The first kappa shape index (κ1) is 22.3. The minimum atomic E-state index is -3.63. The van der Waals surface area contributed by atoms with Gasteiger partial charge in [0, 0.05) is 26.3 Å². The van der Waals surface area contributed by atoms with Gasteiger partial charge in [-0.25, -0.2) is 13.2 Å². The van der Waals surface area contributed by atoms with Gasteiger partial charge in [0.25, 0.3) is 11.8 Å². The molecule has 29 heavy (non-hydrogen) atoms. The van der Waals surface area contributed by atoms with Crippen LogP contribution in [-0.4, -0.2) is 54.8 Å². The Balaban J connectivity index is 1.95. The van der Waals surface area contributed by atoms with Gasteiger partial charge in [-0.05, 0) is 36.4 Å². The molecule has 0 unspecified atom stereocenters. The molecule has 156 valence electrons. The lowest BCUT2D eigenvalue weighted by molar-refractivity contribution is -0.123. The van der Waals surface area contributed by atoms with E-state index < -0.39 is 34.4 Å². The Kier molecular flexibility index (Phi) is 7.29. The number of aromatic nitrogens is 1. The summed E-state index contributed by atoms with van der Waals surface area (Å²) in [5.41, 5.74) is 0.375. The van der Waals surface area contributed by atoms with Crippen molar-refractivity contribution in [1.82, 2.24) is 14.2 Å². The van der Waals surface area contributed by atoms with Gasteiger partial charge in [0.2, 0.25) is 10.0 Å². The van der Waals surface area contributed by atoms with Crippen LogP contribution in [0.15, 0.2) is 47.5 Å². The van der Waals surface area contributed by atoms with E-state index in [2.05, 4.69) is 5.32 Å². The van der Waals surface area contributed by atoms with Crippen LogP contribution in [0.1, 0.15) is 34.7 Å². The van der Waals surface area contributed by atoms with Gasteiger partial charge < -0.3 is 9.30 Å². The summed E-state index contributed by atoms with van der Waals surface area (Å²) in [5, 5.41) is 2.12. The average molecular weight is 421 g/mol. The lowest BCUT2D eigenvalue weighted by Crippen LogP contribution is -2.35. The predicted molar refractivity (Wildman–Crippen MR) is 105 cm³/mol. The lowest BCUT2D eigenvalue weighted by atomic mass is 10.2. The Hall–Kier alpha value is -2.98. The zero-order valence-electron chi connectivity index (χ0n) is 16.4. The summed E-state index contributed by atoms with van der Waals surface area (Å²) in [4.78, 5) is 35.9. The van der Waals surface area contributed by atoms with E-state index in [9.17, 15) is 22.8 Å². The van der Waals surface area contributed by atoms with Gasteiger partial charge in [0.05, 0.1) is 10.5 Å². The largest absolute Gasteiger partial charge is 0.452 e. The van der Waals surface area contributed by atoms with Crippen molar-refractivity contribution in [2.75, 3.05) is 19.7 Å². The number of carbonyl (C=O) groups excluding carboxylic acids is 3. The maximum absolute atomic E-state index is 12.4. The van der Waals surface area contributed by atoms with E-state index in [1.165, 1.54) is 28.6 Å². The van der Waals surface area contributed by atoms with Crippen molar-refractivity contribution in [1.29, 1.82) is 0 Å². The molecule has 0 saturated carbocycles. The number of rotatable bonds is 8. The molecule has 1 N–H and O–H groups in total. The van der Waals surface area contributed by atoms with Crippen molar-refractivity contribution in [3.63, 3.8) is 0 Å². The number of nitrogens with zero attached hydrogens (tertiary/aromatic N) is 2. The van der Waals surface area contributed by atoms with E-state index in [0.717, 1.165) is 0 Å². The fourth-order valence-corrected chi connectivity index (χ4v) is 4.07. The van der Waals surface area contributed by atoms with Gasteiger partial charge in [-0.15, -0.1) is 0 Å². The first-order valence-electron chi connectivity index (χ1n) is 8.93. The van der Waals surface area contributed by atoms with Crippen molar-refractivity contribution < 1.29 is 27.5 Å². The Morgan fingerprint density at radius 3 is 2.21 bits per heavy atom. The van der Waals surface area contributed by atoms with Gasteiger partial charge in [0.1, 0.15) is 5.69 Å². The molecule has 2 aromatic rings. The monoisotopic (exact) mass is 421 g/mol. The highest BCUT2D eigenvalue weighted by Gasteiger charge is 2.22. The van der Waals surface area contributed by atoms with Gasteiger partial charge >= 0.3 is 5.97 Å². The molecule has 0 bridgehead atoms. The number of sulfonamides is 1. The molecule has 0 aliphatic carbocycles. The number of hydrogen-bond donors (Lipinski definition) is 1. The molecular formula is C19H23N3O6S. The molecule has 0 spiro atoms. The van der Waals surface area contributed by atoms with Gasteiger partial charge in [-0.1, -0.05) is 13.8 Å². The predicted octanol–water partition coefficient (Wildman–Crippen LogP) is 1.17. The second-order valence-electron chi connectivity index (χ2n) is 6.07. The number of carbonyl (C=O) groups is 3. The topological polar surface area (TPSA) is 115 Å². The number of hydrogen-bond acceptors (Lipinski definition) is 6. The van der Waals surface area contributed by atoms with Crippen molar-refractivity contribution in [2.24, 2.45) is 7.05 Å². The van der Waals surface area contributed by atoms with Crippen LogP contribution in [-0.2, 0) is 26.6 Å². The van der Waals surface area contributed by atoms with Crippen molar-refractivity contribution in [3.05, 3.63) is 53.9 Å². The number of amides is 2. The maximum atomic E-state index is 12.4. The van der Waals surface area contributed by atoms with E-state index in [-0.39, 0.29) is 16.2 Å². The fourth-order valence-electron chi connectivity index (χ4n) is 2.61. The molecule has 1 aromatic heterocycles. The minimum Gasteiger partial charge on any atom is -0.452 e. The molecule has 9 nitrogen and oxygen atoms in total. The number of nitrogens with one attached hydrogen (secondary N) is 1. The number of imide groups is 1. The molecular weight excluding hydrogens is 398 g/mol. The number of aryl methyl sites for hydroxylation is 1. The molecule has 0 aliphatic heterocycles. The van der Waals surface area contributed by atoms with Crippen LogP contribution in [0.25, 0.3) is 0 Å². The third kappa shape index (κ3) is 5.30. The highest BCUT2D eigenvalue weighted by molar-refractivity contribution is 7.89. The quantitative estimate of drug-likeness (QED) is 0.640. The van der Waals surface area contributed by atoms with E-state index in [1.54, 1.807) is 43.8 Å². The Morgan fingerprint density at radius 2 is 1.69 bits per heavy atom. The summed E-state index contributed by atoms with van der Waals surface area (Å²) in [7, 11) is -1.97. The molecule has 0 radical (unpaired) electrons. The first-order chi connectivity index (χ1) is 13.7. The van der Waals surface area contributed by atoms with Crippen LogP contribution in [0.4, 0.5) is 0 Å². The van der Waals surface area contributed by atoms with Crippen LogP contribution in [0.5, 0.6) is 0 Å². The molecule has 1 heterocycles. The average Bonchev–Trinajstić information content (AvgIpc) is 3.13. The third-order valence-corrected chi connectivity index (χ3v) is 6.26. The Bertz CT molecular complexity index is 991. The molecule has 10 heteroatoms. The zero-order valence-corrected chi connectivity index (χ0v) is 17.2. The second kappa shape index (κ2) is 9.48. The highest BCUT2D eigenvalue weighted by atomic mass is 32.2. The van der Waals surface area contributed by atoms with Crippen molar-refractivity contribution in [2.45, 2.75) is 18.7 Å². The van der Waals surface area contributed by atoms with E-state index in [4.69, 9.17) is 4.74 Å². The highest BCUT2D eigenvalue weighted by Crippen LogP contribution is 2.16. The summed E-state index contributed by atoms with van der Waals surface area (Å²) in [6.07, 6.45) is 1.66. The fraction of sp³-hybridized carbons (Fsp3) is 0.316. The van der Waals surface area contributed by atoms with Crippen LogP contribution < -0.4 is 5.32 Å². The Morgan fingerprint density at radius 1 is 1.07 bits per heavy atom. The number of esters is 1. The van der Waals surface area contributed by atoms with Crippen molar-refractivity contribution in [3.8, 4) is 0 Å². The van der Waals surface area contributed by atoms with Gasteiger partial charge in [-0.2, -0.15) is 4.31 Å². The maximum Gasteiger partial charge on any atom is 0.338 e.